The third kappa shape index (κ3) is 3.69. The molecule has 1 rings (SSSR count). The average Bonchev–Trinajstić information content (AvgIpc) is 2.21. The van der Waals surface area contributed by atoms with E-state index in [1.807, 2.05) is 0 Å². The second-order valence-electron chi connectivity index (χ2n) is 4.47. The number of rotatable bonds is 5. The molecule has 0 saturated carbocycles. The number of amidine groups is 1. The van der Waals surface area contributed by atoms with Gasteiger partial charge in [-0.15, -0.1) is 0 Å². The Balaban J connectivity index is 2.54. The van der Waals surface area contributed by atoms with Crippen molar-refractivity contribution < 1.29 is 13.5 Å². The highest BCUT2D eigenvalue weighted by atomic mass is 19.1. The summed E-state index contributed by atoms with van der Waals surface area (Å²) in [4.78, 5) is 0. The Morgan fingerprint density at radius 1 is 1.41 bits per heavy atom. The molecule has 0 aromatic heterocycles. The van der Waals surface area contributed by atoms with E-state index >= 15 is 0 Å². The van der Waals surface area contributed by atoms with Crippen LogP contribution in [0.15, 0.2) is 18.2 Å². The van der Waals surface area contributed by atoms with Gasteiger partial charge in [-0.2, -0.15) is 0 Å². The zero-order chi connectivity index (χ0) is 13.1. The van der Waals surface area contributed by atoms with Crippen LogP contribution in [0.25, 0.3) is 0 Å². The molecule has 0 radical (unpaired) electrons. The van der Waals surface area contributed by atoms with Crippen molar-refractivity contribution in [1.29, 1.82) is 5.41 Å². The van der Waals surface area contributed by atoms with Crippen molar-refractivity contribution in [3.8, 4) is 5.75 Å². The summed E-state index contributed by atoms with van der Waals surface area (Å²) in [5, 5.41) is 7.35. The first-order valence-electron chi connectivity index (χ1n) is 5.25. The number of ether oxygens (including phenoxy) is 1. The maximum absolute atomic E-state index is 13.2. The van der Waals surface area contributed by atoms with E-state index in [4.69, 9.17) is 15.9 Å². The molecule has 3 N–H and O–H groups in total. The summed E-state index contributed by atoms with van der Waals surface area (Å²) in [6.45, 7) is 3.83. The Labute approximate surface area is 99.1 Å². The molecule has 0 fully saturated rings. The Morgan fingerprint density at radius 2 is 2.06 bits per heavy atom. The largest absolute Gasteiger partial charge is 0.490 e. The van der Waals surface area contributed by atoms with Gasteiger partial charge in [0.05, 0.1) is 12.4 Å². The van der Waals surface area contributed by atoms with E-state index in [0.717, 1.165) is 12.1 Å². The van der Waals surface area contributed by atoms with Gasteiger partial charge in [0.25, 0.3) is 0 Å². The van der Waals surface area contributed by atoms with Crippen molar-refractivity contribution in [1.82, 2.24) is 0 Å². The Kier molecular flexibility index (Phi) is 4.04. The number of nitrogens with two attached hydrogens (primary N) is 1. The molecule has 0 atom stereocenters. The molecule has 5 heteroatoms. The molecular weight excluding hydrogens is 226 g/mol. The van der Waals surface area contributed by atoms with Crippen molar-refractivity contribution in [2.75, 3.05) is 6.61 Å². The highest BCUT2D eigenvalue weighted by molar-refractivity contribution is 5.82. The fraction of sp³-hybridized carbons (Fsp3) is 0.417. The first-order valence-corrected chi connectivity index (χ1v) is 5.25. The second-order valence-corrected chi connectivity index (χ2v) is 4.47. The lowest BCUT2D eigenvalue weighted by atomic mass is 9.88. The van der Waals surface area contributed by atoms with Gasteiger partial charge in [-0.1, -0.05) is 13.8 Å². The number of hydrogen-bond donors (Lipinski definition) is 2. The lowest BCUT2D eigenvalue weighted by molar-refractivity contribution is 0.258. The summed E-state index contributed by atoms with van der Waals surface area (Å²) in [7, 11) is 0. The van der Waals surface area contributed by atoms with E-state index in [2.05, 4.69) is 0 Å². The van der Waals surface area contributed by atoms with E-state index in [9.17, 15) is 8.78 Å². The summed E-state index contributed by atoms with van der Waals surface area (Å²) in [5.41, 5.74) is 4.91. The minimum atomic E-state index is -0.731. The van der Waals surface area contributed by atoms with Crippen LogP contribution < -0.4 is 10.5 Å². The standard InChI is InChI=1S/C12H16F2N2O/c1-12(2,11(15)16)5-6-17-10-4-3-8(13)7-9(10)14/h3-4,7H,5-6H2,1-2H3,(H3,15,16). The van der Waals surface area contributed by atoms with Crippen molar-refractivity contribution in [2.24, 2.45) is 11.1 Å². The van der Waals surface area contributed by atoms with Crippen LogP contribution in [0, 0.1) is 22.5 Å². The Morgan fingerprint density at radius 3 is 2.59 bits per heavy atom. The first-order chi connectivity index (χ1) is 7.83. The van der Waals surface area contributed by atoms with Gasteiger partial charge < -0.3 is 10.5 Å². The summed E-state index contributed by atoms with van der Waals surface area (Å²) >= 11 is 0. The summed E-state index contributed by atoms with van der Waals surface area (Å²) in [6.07, 6.45) is 0.485. The summed E-state index contributed by atoms with van der Waals surface area (Å²) in [6, 6.07) is 3.14. The van der Waals surface area contributed by atoms with Gasteiger partial charge in [0.15, 0.2) is 11.6 Å². The van der Waals surface area contributed by atoms with Crippen molar-refractivity contribution >= 4 is 5.84 Å². The van der Waals surface area contributed by atoms with Crippen LogP contribution in [0.5, 0.6) is 5.75 Å². The minimum Gasteiger partial charge on any atom is -0.490 e. The van der Waals surface area contributed by atoms with Gasteiger partial charge in [-0.05, 0) is 18.6 Å². The predicted molar refractivity (Wildman–Crippen MR) is 62.2 cm³/mol. The molecule has 0 spiro atoms. The molecule has 0 heterocycles. The molecule has 0 aliphatic heterocycles. The van der Waals surface area contributed by atoms with Crippen molar-refractivity contribution in [3.63, 3.8) is 0 Å². The summed E-state index contributed by atoms with van der Waals surface area (Å²) < 4.78 is 31.0. The highest BCUT2D eigenvalue weighted by Gasteiger charge is 2.21. The monoisotopic (exact) mass is 242 g/mol. The normalized spacial score (nSPS) is 11.3. The van der Waals surface area contributed by atoms with Crippen LogP contribution in [0.3, 0.4) is 0 Å². The molecule has 0 aliphatic rings. The van der Waals surface area contributed by atoms with Crippen molar-refractivity contribution in [2.45, 2.75) is 20.3 Å². The molecular formula is C12H16F2N2O. The van der Waals surface area contributed by atoms with Crippen LogP contribution in [0.2, 0.25) is 0 Å². The quantitative estimate of drug-likeness (QED) is 0.616. The van der Waals surface area contributed by atoms with E-state index in [0.29, 0.717) is 6.42 Å². The third-order valence-electron chi connectivity index (χ3n) is 2.61. The van der Waals surface area contributed by atoms with E-state index in [1.54, 1.807) is 13.8 Å². The first kappa shape index (κ1) is 13.4. The van der Waals surface area contributed by atoms with Crippen molar-refractivity contribution in [3.05, 3.63) is 29.8 Å². The van der Waals surface area contributed by atoms with Crippen LogP contribution in [-0.4, -0.2) is 12.4 Å². The van der Waals surface area contributed by atoms with Gasteiger partial charge in [0, 0.05) is 11.5 Å². The number of benzene rings is 1. The molecule has 3 nitrogen and oxygen atoms in total. The average molecular weight is 242 g/mol. The molecule has 0 aliphatic carbocycles. The smallest absolute Gasteiger partial charge is 0.167 e. The molecule has 1 aromatic carbocycles. The Hall–Kier alpha value is -1.65. The van der Waals surface area contributed by atoms with Gasteiger partial charge in [0.2, 0.25) is 0 Å². The lowest BCUT2D eigenvalue weighted by Crippen LogP contribution is -2.32. The fourth-order valence-electron chi connectivity index (χ4n) is 1.14. The van der Waals surface area contributed by atoms with Gasteiger partial charge in [0.1, 0.15) is 5.82 Å². The molecule has 94 valence electrons. The second kappa shape index (κ2) is 5.12. The van der Waals surface area contributed by atoms with Crippen LogP contribution in [-0.2, 0) is 0 Å². The third-order valence-corrected chi connectivity index (χ3v) is 2.61. The Bertz CT molecular complexity index is 419. The van der Waals surface area contributed by atoms with E-state index in [-0.39, 0.29) is 18.2 Å². The van der Waals surface area contributed by atoms with Gasteiger partial charge in [-0.25, -0.2) is 8.78 Å². The van der Waals surface area contributed by atoms with Crippen LogP contribution in [0.1, 0.15) is 20.3 Å². The fourth-order valence-corrected chi connectivity index (χ4v) is 1.14. The summed E-state index contributed by atoms with van der Waals surface area (Å²) in [5.74, 6) is -1.31. The highest BCUT2D eigenvalue weighted by Crippen LogP contribution is 2.22. The number of halogens is 2. The van der Waals surface area contributed by atoms with Gasteiger partial charge in [-0.3, -0.25) is 5.41 Å². The molecule has 1 aromatic rings. The topological polar surface area (TPSA) is 59.1 Å². The molecule has 0 saturated heterocycles. The minimum absolute atomic E-state index is 0.00533. The number of nitrogens with one attached hydrogen (secondary N) is 1. The molecule has 0 unspecified atom stereocenters. The number of hydrogen-bond acceptors (Lipinski definition) is 2. The predicted octanol–water partition coefficient (Wildman–Crippen LogP) is 2.70. The lowest BCUT2D eigenvalue weighted by Gasteiger charge is -2.22. The zero-order valence-electron chi connectivity index (χ0n) is 9.89. The SMILES string of the molecule is CC(C)(CCOc1ccc(F)cc1F)C(=N)N. The molecule has 0 amide bonds. The molecule has 0 bridgehead atoms. The molecule has 17 heavy (non-hydrogen) atoms. The maximum Gasteiger partial charge on any atom is 0.167 e. The van der Waals surface area contributed by atoms with Gasteiger partial charge >= 0.3 is 0 Å². The van der Waals surface area contributed by atoms with Crippen LogP contribution >= 0.6 is 0 Å². The zero-order valence-corrected chi connectivity index (χ0v) is 9.89. The van der Waals surface area contributed by atoms with E-state index < -0.39 is 17.0 Å². The van der Waals surface area contributed by atoms with E-state index in [1.165, 1.54) is 6.07 Å². The maximum atomic E-state index is 13.2. The van der Waals surface area contributed by atoms with Crippen LogP contribution in [0.4, 0.5) is 8.78 Å².